The standard InChI is InChI=1S/C12H17F3N2O2S/c13-12(14,15)11-5-3-4-10(8-11)9-17-20(18,19)7-2-1-6-16/h3-5,8,17H,1-2,6-7,9,16H2. The Morgan fingerprint density at radius 3 is 2.50 bits per heavy atom. The number of alkyl halides is 3. The Morgan fingerprint density at radius 1 is 1.20 bits per heavy atom. The van der Waals surface area contributed by atoms with Crippen molar-refractivity contribution in [1.29, 1.82) is 0 Å². The first-order valence-corrected chi connectivity index (χ1v) is 7.73. The Hall–Kier alpha value is -1.12. The molecule has 1 rings (SSSR count). The average molecular weight is 310 g/mol. The summed E-state index contributed by atoms with van der Waals surface area (Å²) in [5.74, 6) is -0.0802. The molecule has 1 aromatic carbocycles. The molecule has 0 atom stereocenters. The predicted octanol–water partition coefficient (Wildman–Crippen LogP) is 1.86. The summed E-state index contributed by atoms with van der Waals surface area (Å²) in [6.45, 7) is 0.248. The normalized spacial score (nSPS) is 12.6. The van der Waals surface area contributed by atoms with Crippen LogP contribution < -0.4 is 10.5 Å². The summed E-state index contributed by atoms with van der Waals surface area (Å²) in [4.78, 5) is 0. The summed E-state index contributed by atoms with van der Waals surface area (Å²) < 4.78 is 62.9. The molecule has 1 aromatic rings. The topological polar surface area (TPSA) is 72.2 Å². The van der Waals surface area contributed by atoms with Crippen molar-refractivity contribution in [3.05, 3.63) is 35.4 Å². The van der Waals surface area contributed by atoms with Crippen LogP contribution in [0.4, 0.5) is 13.2 Å². The van der Waals surface area contributed by atoms with E-state index in [1.165, 1.54) is 12.1 Å². The second-order valence-corrected chi connectivity index (χ2v) is 6.26. The van der Waals surface area contributed by atoms with Crippen LogP contribution in [0.25, 0.3) is 0 Å². The first-order chi connectivity index (χ1) is 9.24. The number of hydrogen-bond donors (Lipinski definition) is 2. The zero-order chi connectivity index (χ0) is 15.2. The van der Waals surface area contributed by atoms with E-state index >= 15 is 0 Å². The average Bonchev–Trinajstić information content (AvgIpc) is 2.36. The first kappa shape index (κ1) is 16.9. The van der Waals surface area contributed by atoms with Crippen LogP contribution in [0.2, 0.25) is 0 Å². The molecule has 20 heavy (non-hydrogen) atoms. The summed E-state index contributed by atoms with van der Waals surface area (Å²) in [6, 6.07) is 4.57. The van der Waals surface area contributed by atoms with Crippen molar-refractivity contribution in [3.63, 3.8) is 0 Å². The molecule has 0 saturated carbocycles. The van der Waals surface area contributed by atoms with Crippen molar-refractivity contribution < 1.29 is 21.6 Å². The van der Waals surface area contributed by atoms with E-state index in [9.17, 15) is 21.6 Å². The molecule has 3 N–H and O–H groups in total. The number of halogens is 3. The van der Waals surface area contributed by atoms with Gasteiger partial charge in [0.15, 0.2) is 0 Å². The van der Waals surface area contributed by atoms with Gasteiger partial charge in [0, 0.05) is 6.54 Å². The van der Waals surface area contributed by atoms with Crippen LogP contribution in [-0.4, -0.2) is 20.7 Å². The van der Waals surface area contributed by atoms with Gasteiger partial charge in [-0.1, -0.05) is 18.2 Å². The highest BCUT2D eigenvalue weighted by Crippen LogP contribution is 2.29. The number of nitrogens with two attached hydrogens (primary N) is 1. The number of sulfonamides is 1. The maximum absolute atomic E-state index is 12.5. The van der Waals surface area contributed by atoms with E-state index in [4.69, 9.17) is 5.73 Å². The minimum atomic E-state index is -4.43. The molecule has 0 aliphatic heterocycles. The Labute approximate surface area is 116 Å². The molecule has 0 saturated heterocycles. The Kier molecular flexibility index (Phi) is 5.97. The number of hydrogen-bond acceptors (Lipinski definition) is 3. The van der Waals surface area contributed by atoms with E-state index in [0.717, 1.165) is 12.1 Å². The third-order valence-corrected chi connectivity index (χ3v) is 4.03. The van der Waals surface area contributed by atoms with Crippen LogP contribution in [0.15, 0.2) is 24.3 Å². The van der Waals surface area contributed by atoms with Crippen LogP contribution >= 0.6 is 0 Å². The quantitative estimate of drug-likeness (QED) is 0.755. The van der Waals surface area contributed by atoms with Gasteiger partial charge in [0.2, 0.25) is 10.0 Å². The van der Waals surface area contributed by atoms with E-state index in [1.54, 1.807) is 0 Å². The number of rotatable bonds is 7. The van der Waals surface area contributed by atoms with Gasteiger partial charge in [-0.3, -0.25) is 0 Å². The highest BCUT2D eigenvalue weighted by atomic mass is 32.2. The lowest BCUT2D eigenvalue weighted by Crippen LogP contribution is -2.26. The van der Waals surface area contributed by atoms with Gasteiger partial charge in [-0.2, -0.15) is 13.2 Å². The second-order valence-electron chi connectivity index (χ2n) is 4.33. The van der Waals surface area contributed by atoms with Crippen LogP contribution in [0, 0.1) is 0 Å². The van der Waals surface area contributed by atoms with E-state index in [0.29, 0.717) is 19.4 Å². The third kappa shape index (κ3) is 5.89. The van der Waals surface area contributed by atoms with Gasteiger partial charge in [-0.25, -0.2) is 13.1 Å². The largest absolute Gasteiger partial charge is 0.416 e. The lowest BCUT2D eigenvalue weighted by atomic mass is 10.1. The molecule has 0 bridgehead atoms. The lowest BCUT2D eigenvalue weighted by molar-refractivity contribution is -0.137. The zero-order valence-electron chi connectivity index (χ0n) is 10.8. The molecule has 0 spiro atoms. The Morgan fingerprint density at radius 2 is 1.90 bits per heavy atom. The monoisotopic (exact) mass is 310 g/mol. The van der Waals surface area contributed by atoms with Crippen LogP contribution in [0.1, 0.15) is 24.0 Å². The Balaban J connectivity index is 2.62. The number of benzene rings is 1. The molecule has 0 fully saturated rings. The first-order valence-electron chi connectivity index (χ1n) is 6.08. The summed E-state index contributed by atoms with van der Waals surface area (Å²) >= 11 is 0. The molecule has 0 heterocycles. The summed E-state index contributed by atoms with van der Waals surface area (Å²) in [6.07, 6.45) is -3.42. The van der Waals surface area contributed by atoms with Crippen molar-refractivity contribution in [2.45, 2.75) is 25.6 Å². The van der Waals surface area contributed by atoms with E-state index < -0.39 is 21.8 Å². The van der Waals surface area contributed by atoms with Gasteiger partial charge < -0.3 is 5.73 Å². The van der Waals surface area contributed by atoms with Crippen LogP contribution in [-0.2, 0) is 22.7 Å². The molecule has 8 heteroatoms. The number of nitrogens with one attached hydrogen (secondary N) is 1. The summed E-state index contributed by atoms with van der Waals surface area (Å²) in [5.41, 5.74) is 4.73. The van der Waals surface area contributed by atoms with E-state index in [2.05, 4.69) is 4.72 Å². The minimum Gasteiger partial charge on any atom is -0.330 e. The predicted molar refractivity (Wildman–Crippen MR) is 70.4 cm³/mol. The molecule has 0 aliphatic rings. The van der Waals surface area contributed by atoms with Crippen LogP contribution in [0.3, 0.4) is 0 Å². The molecule has 114 valence electrons. The third-order valence-electron chi connectivity index (χ3n) is 2.62. The fourth-order valence-corrected chi connectivity index (χ4v) is 2.67. The molecular formula is C12H17F3N2O2S. The highest BCUT2D eigenvalue weighted by molar-refractivity contribution is 7.89. The van der Waals surface area contributed by atoms with Gasteiger partial charge in [-0.05, 0) is 31.0 Å². The van der Waals surface area contributed by atoms with Crippen molar-refractivity contribution in [1.82, 2.24) is 4.72 Å². The van der Waals surface area contributed by atoms with Gasteiger partial charge in [0.05, 0.1) is 11.3 Å². The smallest absolute Gasteiger partial charge is 0.330 e. The van der Waals surface area contributed by atoms with Crippen molar-refractivity contribution in [2.75, 3.05) is 12.3 Å². The maximum Gasteiger partial charge on any atom is 0.416 e. The molecule has 0 unspecified atom stereocenters. The molecule has 0 aromatic heterocycles. The fraction of sp³-hybridized carbons (Fsp3) is 0.500. The number of unbranched alkanes of at least 4 members (excludes halogenated alkanes) is 1. The van der Waals surface area contributed by atoms with Gasteiger partial charge in [0.1, 0.15) is 0 Å². The molecule has 0 radical (unpaired) electrons. The van der Waals surface area contributed by atoms with Crippen molar-refractivity contribution in [3.8, 4) is 0 Å². The Bertz CT molecular complexity index is 530. The highest BCUT2D eigenvalue weighted by Gasteiger charge is 2.30. The van der Waals surface area contributed by atoms with Crippen molar-refractivity contribution >= 4 is 10.0 Å². The summed E-state index contributed by atoms with van der Waals surface area (Å²) in [7, 11) is -3.49. The lowest BCUT2D eigenvalue weighted by Gasteiger charge is -2.10. The molecule has 4 nitrogen and oxygen atoms in total. The minimum absolute atomic E-state index is 0.0802. The van der Waals surface area contributed by atoms with Crippen molar-refractivity contribution in [2.24, 2.45) is 5.73 Å². The zero-order valence-corrected chi connectivity index (χ0v) is 11.6. The summed E-state index contributed by atoms with van der Waals surface area (Å²) in [5, 5.41) is 0. The van der Waals surface area contributed by atoms with Gasteiger partial charge in [-0.15, -0.1) is 0 Å². The van der Waals surface area contributed by atoms with E-state index in [1.807, 2.05) is 0 Å². The SMILES string of the molecule is NCCCCS(=O)(=O)NCc1cccc(C(F)(F)F)c1. The molecule has 0 aliphatic carbocycles. The van der Waals surface area contributed by atoms with Crippen LogP contribution in [0.5, 0.6) is 0 Å². The molecular weight excluding hydrogens is 293 g/mol. The molecule has 0 amide bonds. The van der Waals surface area contributed by atoms with E-state index in [-0.39, 0.29) is 17.9 Å². The maximum atomic E-state index is 12.5. The second kappa shape index (κ2) is 7.05. The van der Waals surface area contributed by atoms with Gasteiger partial charge in [0.25, 0.3) is 0 Å². The fourth-order valence-electron chi connectivity index (χ4n) is 1.56. The van der Waals surface area contributed by atoms with Gasteiger partial charge >= 0.3 is 6.18 Å².